The smallest absolute Gasteiger partial charge is 0.343 e. The average molecular weight is 218 g/mol. The summed E-state index contributed by atoms with van der Waals surface area (Å²) in [5.74, 6) is 0.747. The van der Waals surface area contributed by atoms with E-state index in [0.717, 1.165) is 0 Å². The van der Waals surface area contributed by atoms with Gasteiger partial charge in [0, 0.05) is 0 Å². The molecule has 1 aliphatic heterocycles. The van der Waals surface area contributed by atoms with E-state index in [1.807, 2.05) is 0 Å². The van der Waals surface area contributed by atoms with E-state index in [2.05, 4.69) is 6.58 Å². The van der Waals surface area contributed by atoms with Gasteiger partial charge in [-0.05, 0) is 24.3 Å². The third kappa shape index (κ3) is 2.06. The molecule has 0 amide bonds. The molecule has 1 heterocycles. The van der Waals surface area contributed by atoms with E-state index in [1.54, 1.807) is 18.2 Å². The Labute approximate surface area is 92.7 Å². The largest absolute Gasteiger partial charge is 0.454 e. The molecule has 1 aromatic carbocycles. The van der Waals surface area contributed by atoms with Crippen molar-refractivity contribution in [1.82, 2.24) is 0 Å². The van der Waals surface area contributed by atoms with Gasteiger partial charge in [0.15, 0.2) is 11.5 Å². The van der Waals surface area contributed by atoms with Crippen molar-refractivity contribution < 1.29 is 19.0 Å². The first-order valence-corrected chi connectivity index (χ1v) is 4.69. The molecule has 0 saturated heterocycles. The van der Waals surface area contributed by atoms with Gasteiger partial charge in [-0.15, -0.1) is 0 Å². The molecule has 0 bridgehead atoms. The second-order valence-corrected chi connectivity index (χ2v) is 3.04. The van der Waals surface area contributed by atoms with Crippen LogP contribution >= 0.6 is 0 Å². The summed E-state index contributed by atoms with van der Waals surface area (Å²) in [4.78, 5) is 11.5. The van der Waals surface area contributed by atoms with E-state index in [0.29, 0.717) is 17.1 Å². The lowest BCUT2D eigenvalue weighted by atomic mass is 10.2. The van der Waals surface area contributed by atoms with E-state index < -0.39 is 5.97 Å². The van der Waals surface area contributed by atoms with Crippen molar-refractivity contribution >= 4 is 5.97 Å². The van der Waals surface area contributed by atoms with E-state index in [-0.39, 0.29) is 6.79 Å². The Morgan fingerprint density at radius 1 is 1.38 bits per heavy atom. The molecule has 1 aliphatic rings. The standard InChI is InChI=1S/C12H10O4/c1-2-3-6-14-12(13)9-4-5-10-11(7-9)16-8-15-10/h2-7H,1,8H2. The zero-order chi connectivity index (χ0) is 11.4. The maximum Gasteiger partial charge on any atom is 0.343 e. The normalized spacial score (nSPS) is 12.8. The van der Waals surface area contributed by atoms with Gasteiger partial charge in [-0.1, -0.05) is 12.7 Å². The van der Waals surface area contributed by atoms with Crippen LogP contribution in [0.1, 0.15) is 10.4 Å². The molecular weight excluding hydrogens is 208 g/mol. The summed E-state index contributed by atoms with van der Waals surface area (Å²) >= 11 is 0. The van der Waals surface area contributed by atoms with Gasteiger partial charge in [-0.3, -0.25) is 0 Å². The SMILES string of the molecule is C=CC=COC(=O)c1ccc2c(c1)OCO2. The minimum atomic E-state index is -0.448. The Balaban J connectivity index is 2.12. The fraction of sp³-hybridized carbons (Fsp3) is 0.0833. The van der Waals surface area contributed by atoms with Crippen LogP contribution < -0.4 is 9.47 Å². The van der Waals surface area contributed by atoms with Crippen molar-refractivity contribution in [2.45, 2.75) is 0 Å². The van der Waals surface area contributed by atoms with Gasteiger partial charge < -0.3 is 14.2 Å². The van der Waals surface area contributed by atoms with Crippen molar-refractivity contribution in [1.29, 1.82) is 0 Å². The lowest BCUT2D eigenvalue weighted by Gasteiger charge is -2.00. The summed E-state index contributed by atoms with van der Waals surface area (Å²) in [5.41, 5.74) is 0.415. The highest BCUT2D eigenvalue weighted by Gasteiger charge is 2.16. The summed E-state index contributed by atoms with van der Waals surface area (Å²) in [6, 6.07) is 4.89. The minimum Gasteiger partial charge on any atom is -0.454 e. The lowest BCUT2D eigenvalue weighted by Crippen LogP contribution is -2.00. The number of hydrogen-bond donors (Lipinski definition) is 0. The van der Waals surface area contributed by atoms with E-state index in [9.17, 15) is 4.79 Å². The number of ether oxygens (including phenoxy) is 3. The number of carbonyl (C=O) groups excluding carboxylic acids is 1. The number of rotatable bonds is 3. The molecule has 4 nitrogen and oxygen atoms in total. The Kier molecular flexibility index (Phi) is 2.91. The molecule has 0 radical (unpaired) electrons. The van der Waals surface area contributed by atoms with Crippen molar-refractivity contribution in [2.75, 3.05) is 6.79 Å². The summed E-state index contributed by atoms with van der Waals surface area (Å²) < 4.78 is 15.1. The highest BCUT2D eigenvalue weighted by atomic mass is 16.7. The van der Waals surface area contributed by atoms with Crippen molar-refractivity contribution in [2.24, 2.45) is 0 Å². The third-order valence-electron chi connectivity index (χ3n) is 2.00. The molecule has 1 aromatic rings. The maximum absolute atomic E-state index is 11.5. The first kappa shape index (κ1) is 10.3. The van der Waals surface area contributed by atoms with E-state index >= 15 is 0 Å². The predicted octanol–water partition coefficient (Wildman–Crippen LogP) is 2.27. The second-order valence-electron chi connectivity index (χ2n) is 3.04. The van der Waals surface area contributed by atoms with E-state index in [1.165, 1.54) is 18.4 Å². The number of allylic oxidation sites excluding steroid dienone is 2. The number of carbonyl (C=O) groups is 1. The molecule has 0 unspecified atom stereocenters. The molecule has 16 heavy (non-hydrogen) atoms. The first-order valence-electron chi connectivity index (χ1n) is 4.69. The minimum absolute atomic E-state index is 0.185. The number of fused-ring (bicyclic) bond motifs is 1. The maximum atomic E-state index is 11.5. The predicted molar refractivity (Wildman–Crippen MR) is 57.3 cm³/mol. The van der Waals surface area contributed by atoms with Crippen molar-refractivity contribution in [3.8, 4) is 11.5 Å². The zero-order valence-electron chi connectivity index (χ0n) is 8.51. The van der Waals surface area contributed by atoms with Crippen LogP contribution in [0.3, 0.4) is 0 Å². The fourth-order valence-corrected chi connectivity index (χ4v) is 1.25. The van der Waals surface area contributed by atoms with Crippen LogP contribution in [0.25, 0.3) is 0 Å². The van der Waals surface area contributed by atoms with Gasteiger partial charge in [-0.25, -0.2) is 4.79 Å². The molecule has 0 aromatic heterocycles. The highest BCUT2D eigenvalue weighted by Crippen LogP contribution is 2.32. The van der Waals surface area contributed by atoms with Gasteiger partial charge >= 0.3 is 5.97 Å². The Bertz CT molecular complexity index is 448. The number of esters is 1. The molecule has 0 saturated carbocycles. The quantitative estimate of drug-likeness (QED) is 0.443. The topological polar surface area (TPSA) is 44.8 Å². The van der Waals surface area contributed by atoms with Gasteiger partial charge in [0.25, 0.3) is 0 Å². The van der Waals surface area contributed by atoms with Crippen molar-refractivity contribution in [3.63, 3.8) is 0 Å². The van der Waals surface area contributed by atoms with Crippen LogP contribution in [0.15, 0.2) is 43.2 Å². The summed E-state index contributed by atoms with van der Waals surface area (Å²) in [6.45, 7) is 3.65. The van der Waals surface area contributed by atoms with Gasteiger partial charge in [-0.2, -0.15) is 0 Å². The third-order valence-corrected chi connectivity index (χ3v) is 2.00. The van der Waals surface area contributed by atoms with Crippen LogP contribution in [0.5, 0.6) is 11.5 Å². The molecule has 0 spiro atoms. The summed E-state index contributed by atoms with van der Waals surface area (Å²) in [7, 11) is 0. The molecule has 0 atom stereocenters. The van der Waals surface area contributed by atoms with Crippen LogP contribution in [-0.4, -0.2) is 12.8 Å². The van der Waals surface area contributed by atoms with Gasteiger partial charge in [0.05, 0.1) is 11.8 Å². The first-order chi connectivity index (χ1) is 7.81. The molecular formula is C12H10O4. The Hall–Kier alpha value is -2.23. The fourth-order valence-electron chi connectivity index (χ4n) is 1.25. The monoisotopic (exact) mass is 218 g/mol. The molecule has 82 valence electrons. The molecule has 0 aliphatic carbocycles. The Morgan fingerprint density at radius 2 is 2.19 bits per heavy atom. The van der Waals surface area contributed by atoms with Crippen LogP contribution in [0.4, 0.5) is 0 Å². The van der Waals surface area contributed by atoms with Crippen LogP contribution in [0.2, 0.25) is 0 Å². The van der Waals surface area contributed by atoms with E-state index in [4.69, 9.17) is 14.2 Å². The lowest BCUT2D eigenvalue weighted by molar-refractivity contribution is 0.0662. The molecule has 4 heteroatoms. The van der Waals surface area contributed by atoms with Crippen LogP contribution in [-0.2, 0) is 4.74 Å². The second kappa shape index (κ2) is 4.53. The van der Waals surface area contributed by atoms with Gasteiger partial charge in [0.2, 0.25) is 6.79 Å². The molecule has 0 fully saturated rings. The average Bonchev–Trinajstić information content (AvgIpc) is 2.76. The van der Waals surface area contributed by atoms with Gasteiger partial charge in [0.1, 0.15) is 0 Å². The molecule has 0 N–H and O–H groups in total. The molecule has 2 rings (SSSR count). The number of hydrogen-bond acceptors (Lipinski definition) is 4. The zero-order valence-corrected chi connectivity index (χ0v) is 8.51. The van der Waals surface area contributed by atoms with Crippen LogP contribution in [0, 0.1) is 0 Å². The highest BCUT2D eigenvalue weighted by molar-refractivity contribution is 5.90. The Morgan fingerprint density at radius 3 is 3.00 bits per heavy atom. The summed E-state index contributed by atoms with van der Waals surface area (Å²) in [5, 5.41) is 0. The number of benzene rings is 1. The summed E-state index contributed by atoms with van der Waals surface area (Å²) in [6.07, 6.45) is 4.33. The van der Waals surface area contributed by atoms with Crippen molar-refractivity contribution in [3.05, 3.63) is 48.8 Å².